The zero-order valence-electron chi connectivity index (χ0n) is 8.46. The lowest BCUT2D eigenvalue weighted by molar-refractivity contribution is -0.119. The summed E-state index contributed by atoms with van der Waals surface area (Å²) < 4.78 is 0.811. The Kier molecular flexibility index (Phi) is 3.66. The van der Waals surface area contributed by atoms with Crippen LogP contribution in [-0.4, -0.2) is 23.5 Å². The molecule has 0 unspecified atom stereocenters. The molecule has 1 fully saturated rings. The highest BCUT2D eigenvalue weighted by atomic mass is 79.9. The van der Waals surface area contributed by atoms with Crippen LogP contribution in [-0.2, 0) is 4.79 Å². The molecule has 1 aliphatic carbocycles. The summed E-state index contributed by atoms with van der Waals surface area (Å²) in [6.45, 7) is 0.199. The highest BCUT2D eigenvalue weighted by Gasteiger charge is 2.22. The SMILES string of the molecule is O=C(CNc1ncc(Br)cc1Cl)NC1CC1. The van der Waals surface area contributed by atoms with E-state index in [9.17, 15) is 4.79 Å². The number of anilines is 1. The molecule has 1 heterocycles. The maximum atomic E-state index is 11.4. The monoisotopic (exact) mass is 303 g/mol. The minimum absolute atomic E-state index is 0.0247. The summed E-state index contributed by atoms with van der Waals surface area (Å²) in [5, 5.41) is 6.26. The third-order valence-corrected chi connectivity index (χ3v) is 2.89. The normalized spacial score (nSPS) is 14.6. The highest BCUT2D eigenvalue weighted by Crippen LogP contribution is 2.22. The summed E-state index contributed by atoms with van der Waals surface area (Å²) in [4.78, 5) is 15.5. The van der Waals surface area contributed by atoms with E-state index in [1.54, 1.807) is 12.3 Å². The first-order valence-electron chi connectivity index (χ1n) is 4.99. The number of pyridine rings is 1. The van der Waals surface area contributed by atoms with E-state index < -0.39 is 0 Å². The van der Waals surface area contributed by atoms with Crippen LogP contribution in [0.15, 0.2) is 16.7 Å². The lowest BCUT2D eigenvalue weighted by Crippen LogP contribution is -2.31. The van der Waals surface area contributed by atoms with Crippen LogP contribution in [0.25, 0.3) is 0 Å². The summed E-state index contributed by atoms with van der Waals surface area (Å²) in [7, 11) is 0. The van der Waals surface area contributed by atoms with E-state index in [0.717, 1.165) is 17.3 Å². The summed E-state index contributed by atoms with van der Waals surface area (Å²) >= 11 is 9.21. The van der Waals surface area contributed by atoms with Gasteiger partial charge in [-0.15, -0.1) is 0 Å². The van der Waals surface area contributed by atoms with Crippen LogP contribution in [0.5, 0.6) is 0 Å². The van der Waals surface area contributed by atoms with Crippen molar-refractivity contribution in [1.82, 2.24) is 10.3 Å². The van der Waals surface area contributed by atoms with Crippen molar-refractivity contribution in [1.29, 1.82) is 0 Å². The molecule has 0 bridgehead atoms. The van der Waals surface area contributed by atoms with E-state index >= 15 is 0 Å². The first-order chi connectivity index (χ1) is 7.65. The molecule has 1 aromatic heterocycles. The number of nitrogens with zero attached hydrogens (tertiary/aromatic N) is 1. The Morgan fingerprint density at radius 1 is 1.62 bits per heavy atom. The Balaban J connectivity index is 1.85. The Bertz CT molecular complexity index is 409. The molecule has 0 aliphatic heterocycles. The summed E-state index contributed by atoms with van der Waals surface area (Å²) in [6.07, 6.45) is 3.80. The maximum Gasteiger partial charge on any atom is 0.239 e. The molecule has 0 atom stereocenters. The predicted molar refractivity (Wildman–Crippen MR) is 66.6 cm³/mol. The zero-order chi connectivity index (χ0) is 11.5. The molecule has 0 spiro atoms. The van der Waals surface area contributed by atoms with Gasteiger partial charge in [-0.1, -0.05) is 11.6 Å². The Morgan fingerprint density at radius 2 is 2.38 bits per heavy atom. The van der Waals surface area contributed by atoms with Crippen molar-refractivity contribution in [2.75, 3.05) is 11.9 Å². The molecule has 86 valence electrons. The average Bonchev–Trinajstić information content (AvgIpc) is 3.00. The highest BCUT2D eigenvalue weighted by molar-refractivity contribution is 9.10. The Morgan fingerprint density at radius 3 is 3.00 bits per heavy atom. The van der Waals surface area contributed by atoms with Gasteiger partial charge in [0.1, 0.15) is 5.82 Å². The number of nitrogens with one attached hydrogen (secondary N) is 2. The van der Waals surface area contributed by atoms with Crippen molar-refractivity contribution in [3.05, 3.63) is 21.8 Å². The molecule has 1 amide bonds. The molecule has 2 rings (SSSR count). The predicted octanol–water partition coefficient (Wildman–Crippen LogP) is 2.19. The van der Waals surface area contributed by atoms with Crippen LogP contribution >= 0.6 is 27.5 Å². The molecule has 1 saturated carbocycles. The van der Waals surface area contributed by atoms with Crippen molar-refractivity contribution in [2.45, 2.75) is 18.9 Å². The third-order valence-electron chi connectivity index (χ3n) is 2.17. The average molecular weight is 305 g/mol. The van der Waals surface area contributed by atoms with Gasteiger partial charge < -0.3 is 10.6 Å². The topological polar surface area (TPSA) is 54.0 Å². The number of aromatic nitrogens is 1. The van der Waals surface area contributed by atoms with Gasteiger partial charge in [-0.05, 0) is 34.8 Å². The van der Waals surface area contributed by atoms with Gasteiger partial charge in [0, 0.05) is 16.7 Å². The lowest BCUT2D eigenvalue weighted by atomic mass is 10.4. The van der Waals surface area contributed by atoms with Gasteiger partial charge >= 0.3 is 0 Å². The van der Waals surface area contributed by atoms with Crippen LogP contribution in [0, 0.1) is 0 Å². The second kappa shape index (κ2) is 5.01. The molecule has 1 aromatic rings. The molecular weight excluding hydrogens is 293 g/mol. The Hall–Kier alpha value is -0.810. The minimum atomic E-state index is -0.0247. The summed E-state index contributed by atoms with van der Waals surface area (Å²) in [5.74, 6) is 0.499. The number of rotatable bonds is 4. The molecule has 16 heavy (non-hydrogen) atoms. The van der Waals surface area contributed by atoms with Gasteiger partial charge in [-0.2, -0.15) is 0 Å². The van der Waals surface area contributed by atoms with Gasteiger partial charge in [0.05, 0.1) is 11.6 Å². The zero-order valence-corrected chi connectivity index (χ0v) is 10.8. The molecule has 0 aromatic carbocycles. The number of carbonyl (C=O) groups excluding carboxylic acids is 1. The first kappa shape index (κ1) is 11.7. The minimum Gasteiger partial charge on any atom is -0.360 e. The van der Waals surface area contributed by atoms with Crippen molar-refractivity contribution in [3.8, 4) is 0 Å². The van der Waals surface area contributed by atoms with E-state index in [0.29, 0.717) is 16.9 Å². The fourth-order valence-corrected chi connectivity index (χ4v) is 1.91. The van der Waals surface area contributed by atoms with Gasteiger partial charge in [0.25, 0.3) is 0 Å². The molecule has 0 saturated heterocycles. The van der Waals surface area contributed by atoms with Crippen LogP contribution in [0.1, 0.15) is 12.8 Å². The molecule has 2 N–H and O–H groups in total. The van der Waals surface area contributed by atoms with E-state index in [1.165, 1.54) is 0 Å². The van der Waals surface area contributed by atoms with Crippen LogP contribution in [0.2, 0.25) is 5.02 Å². The fraction of sp³-hybridized carbons (Fsp3) is 0.400. The maximum absolute atomic E-state index is 11.4. The summed E-state index contributed by atoms with van der Waals surface area (Å²) in [6, 6.07) is 2.11. The van der Waals surface area contributed by atoms with E-state index in [-0.39, 0.29) is 12.5 Å². The largest absolute Gasteiger partial charge is 0.360 e. The van der Waals surface area contributed by atoms with Crippen LogP contribution < -0.4 is 10.6 Å². The number of hydrogen-bond acceptors (Lipinski definition) is 3. The lowest BCUT2D eigenvalue weighted by Gasteiger charge is -2.07. The second-order valence-electron chi connectivity index (χ2n) is 3.68. The number of carbonyl (C=O) groups is 1. The third kappa shape index (κ3) is 3.35. The smallest absolute Gasteiger partial charge is 0.239 e. The first-order valence-corrected chi connectivity index (χ1v) is 6.16. The fourth-order valence-electron chi connectivity index (χ4n) is 1.22. The summed E-state index contributed by atoms with van der Waals surface area (Å²) in [5.41, 5.74) is 0. The molecule has 4 nitrogen and oxygen atoms in total. The van der Waals surface area contributed by atoms with Crippen LogP contribution in [0.3, 0.4) is 0 Å². The number of hydrogen-bond donors (Lipinski definition) is 2. The van der Waals surface area contributed by atoms with Crippen molar-refractivity contribution < 1.29 is 4.79 Å². The van der Waals surface area contributed by atoms with Crippen molar-refractivity contribution in [2.24, 2.45) is 0 Å². The Labute approximate surface area is 107 Å². The quantitative estimate of drug-likeness (QED) is 0.896. The second-order valence-corrected chi connectivity index (χ2v) is 5.00. The number of amides is 1. The van der Waals surface area contributed by atoms with Gasteiger partial charge in [-0.25, -0.2) is 4.98 Å². The van der Waals surface area contributed by atoms with E-state index in [2.05, 4.69) is 31.5 Å². The van der Waals surface area contributed by atoms with Crippen molar-refractivity contribution >= 4 is 39.3 Å². The van der Waals surface area contributed by atoms with Gasteiger partial charge in [0.2, 0.25) is 5.91 Å². The van der Waals surface area contributed by atoms with E-state index in [1.807, 2.05) is 0 Å². The van der Waals surface area contributed by atoms with Crippen LogP contribution in [0.4, 0.5) is 5.82 Å². The molecule has 1 aliphatic rings. The number of halogens is 2. The molecule has 0 radical (unpaired) electrons. The molecular formula is C10H11BrClN3O. The van der Waals surface area contributed by atoms with Gasteiger partial charge in [-0.3, -0.25) is 4.79 Å². The standard InChI is InChI=1S/C10H11BrClN3O/c11-6-3-8(12)10(13-4-6)14-5-9(16)15-7-1-2-7/h3-4,7H,1-2,5H2,(H,13,14)(H,15,16). The van der Waals surface area contributed by atoms with Gasteiger partial charge in [0.15, 0.2) is 0 Å². The van der Waals surface area contributed by atoms with E-state index in [4.69, 9.17) is 11.6 Å². The molecule has 6 heteroatoms. The van der Waals surface area contributed by atoms with Crippen molar-refractivity contribution in [3.63, 3.8) is 0 Å².